The summed E-state index contributed by atoms with van der Waals surface area (Å²) >= 11 is 0. The highest BCUT2D eigenvalue weighted by molar-refractivity contribution is 5.91. The topological polar surface area (TPSA) is 116 Å². The summed E-state index contributed by atoms with van der Waals surface area (Å²) < 4.78 is 0. The first-order chi connectivity index (χ1) is 11.5. The minimum absolute atomic E-state index is 0.0808. The molecule has 3 aromatic rings. The molecule has 8 nitrogen and oxygen atoms in total. The lowest BCUT2D eigenvalue weighted by Crippen LogP contribution is -2.24. The van der Waals surface area contributed by atoms with E-state index in [2.05, 4.69) is 30.5 Å². The molecule has 3 N–H and O–H groups in total. The molecule has 0 aliphatic heterocycles. The van der Waals surface area contributed by atoms with Crippen LogP contribution in [0.15, 0.2) is 35.3 Å². The summed E-state index contributed by atoms with van der Waals surface area (Å²) in [4.78, 5) is 35.6. The summed E-state index contributed by atoms with van der Waals surface area (Å²) in [7, 11) is 0. The van der Waals surface area contributed by atoms with E-state index in [4.69, 9.17) is 0 Å². The number of H-pyrrole nitrogens is 2. The van der Waals surface area contributed by atoms with Gasteiger partial charge in [-0.15, -0.1) is 0 Å². The number of anilines is 1. The van der Waals surface area contributed by atoms with Gasteiger partial charge in [-0.05, 0) is 26.0 Å². The SMILES string of the molecule is Cc1cc(NC(=O)Cc2c(C)nc(-c3ccccn3)[nH]c2=O)n[nH]1. The Morgan fingerprint density at radius 2 is 2.12 bits per heavy atom. The average molecular weight is 324 g/mol. The van der Waals surface area contributed by atoms with Crippen LogP contribution in [0.5, 0.6) is 0 Å². The van der Waals surface area contributed by atoms with Gasteiger partial charge in [0.2, 0.25) is 5.91 Å². The fraction of sp³-hybridized carbons (Fsp3) is 0.188. The molecule has 0 atom stereocenters. The fourth-order valence-electron chi connectivity index (χ4n) is 2.27. The van der Waals surface area contributed by atoms with Gasteiger partial charge in [-0.2, -0.15) is 5.10 Å². The number of carbonyl (C=O) groups excluding carboxylic acids is 1. The minimum Gasteiger partial charge on any atom is -0.309 e. The summed E-state index contributed by atoms with van der Waals surface area (Å²) in [6.07, 6.45) is 1.54. The van der Waals surface area contributed by atoms with Crippen LogP contribution in [0.25, 0.3) is 11.5 Å². The number of rotatable bonds is 4. The number of carbonyl (C=O) groups is 1. The van der Waals surface area contributed by atoms with Gasteiger partial charge in [0.25, 0.3) is 5.56 Å². The number of nitrogens with zero attached hydrogens (tertiary/aromatic N) is 3. The molecule has 0 radical (unpaired) electrons. The van der Waals surface area contributed by atoms with Crippen LogP contribution in [0.4, 0.5) is 5.82 Å². The molecule has 3 rings (SSSR count). The summed E-state index contributed by atoms with van der Waals surface area (Å²) in [6.45, 7) is 3.53. The number of amides is 1. The maximum absolute atomic E-state index is 12.3. The zero-order chi connectivity index (χ0) is 17.1. The molecule has 3 aromatic heterocycles. The van der Waals surface area contributed by atoms with Crippen molar-refractivity contribution < 1.29 is 4.79 Å². The molecule has 8 heteroatoms. The van der Waals surface area contributed by atoms with Crippen molar-refractivity contribution in [1.82, 2.24) is 25.1 Å². The molecule has 0 saturated carbocycles. The lowest BCUT2D eigenvalue weighted by Gasteiger charge is -2.07. The summed E-state index contributed by atoms with van der Waals surface area (Å²) in [5.41, 5.74) is 1.87. The Morgan fingerprint density at radius 3 is 2.75 bits per heavy atom. The van der Waals surface area contributed by atoms with E-state index in [1.54, 1.807) is 31.3 Å². The molecule has 0 bridgehead atoms. The average Bonchev–Trinajstić information content (AvgIpc) is 2.96. The van der Waals surface area contributed by atoms with Gasteiger partial charge in [0.05, 0.1) is 6.42 Å². The predicted molar refractivity (Wildman–Crippen MR) is 88.5 cm³/mol. The molecule has 0 aliphatic carbocycles. The molecule has 0 fully saturated rings. The Labute approximate surface area is 137 Å². The predicted octanol–water partition coefficient (Wildman–Crippen LogP) is 1.35. The lowest BCUT2D eigenvalue weighted by atomic mass is 10.1. The van der Waals surface area contributed by atoms with Crippen LogP contribution < -0.4 is 10.9 Å². The van der Waals surface area contributed by atoms with Crippen LogP contribution in [0, 0.1) is 13.8 Å². The van der Waals surface area contributed by atoms with E-state index >= 15 is 0 Å². The number of hydrogen-bond donors (Lipinski definition) is 3. The Bertz CT molecular complexity index is 929. The summed E-state index contributed by atoms with van der Waals surface area (Å²) in [5.74, 6) is 0.470. The second-order valence-electron chi connectivity index (χ2n) is 5.35. The molecule has 122 valence electrons. The van der Waals surface area contributed by atoms with Crippen LogP contribution >= 0.6 is 0 Å². The molecule has 3 heterocycles. The molecule has 1 amide bonds. The Kier molecular flexibility index (Phi) is 4.19. The van der Waals surface area contributed by atoms with E-state index in [1.807, 2.05) is 13.0 Å². The van der Waals surface area contributed by atoms with Gasteiger partial charge in [-0.3, -0.25) is 19.7 Å². The summed E-state index contributed by atoms with van der Waals surface area (Å²) in [6, 6.07) is 7.05. The van der Waals surface area contributed by atoms with Gasteiger partial charge in [0.1, 0.15) is 5.69 Å². The van der Waals surface area contributed by atoms with Crippen LogP contribution in [0.1, 0.15) is 17.0 Å². The molecular weight excluding hydrogens is 308 g/mol. The molecule has 0 saturated heterocycles. The molecular formula is C16H16N6O2. The van der Waals surface area contributed by atoms with Crippen molar-refractivity contribution in [3.63, 3.8) is 0 Å². The highest BCUT2D eigenvalue weighted by Gasteiger charge is 2.14. The van der Waals surface area contributed by atoms with Crippen molar-refractivity contribution in [2.45, 2.75) is 20.3 Å². The largest absolute Gasteiger partial charge is 0.309 e. The van der Waals surface area contributed by atoms with Gasteiger partial charge in [-0.25, -0.2) is 4.98 Å². The third kappa shape index (κ3) is 3.37. The van der Waals surface area contributed by atoms with E-state index in [1.165, 1.54) is 0 Å². The van der Waals surface area contributed by atoms with Crippen LogP contribution in [-0.2, 0) is 11.2 Å². The lowest BCUT2D eigenvalue weighted by molar-refractivity contribution is -0.115. The van der Waals surface area contributed by atoms with Crippen molar-refractivity contribution in [2.75, 3.05) is 5.32 Å². The Hall–Kier alpha value is -3.29. The molecule has 24 heavy (non-hydrogen) atoms. The quantitative estimate of drug-likeness (QED) is 0.670. The Balaban J connectivity index is 1.81. The van der Waals surface area contributed by atoms with E-state index in [9.17, 15) is 9.59 Å². The van der Waals surface area contributed by atoms with Crippen molar-refractivity contribution in [2.24, 2.45) is 0 Å². The number of hydrogen-bond acceptors (Lipinski definition) is 5. The fourth-order valence-corrected chi connectivity index (χ4v) is 2.27. The molecule has 0 aliphatic rings. The maximum Gasteiger partial charge on any atom is 0.255 e. The first-order valence-electron chi connectivity index (χ1n) is 7.36. The summed E-state index contributed by atoms with van der Waals surface area (Å²) in [5, 5.41) is 9.30. The number of pyridine rings is 1. The minimum atomic E-state index is -0.350. The van der Waals surface area contributed by atoms with Crippen LogP contribution in [-0.4, -0.2) is 31.1 Å². The Morgan fingerprint density at radius 1 is 1.29 bits per heavy atom. The number of aryl methyl sites for hydroxylation is 2. The van der Waals surface area contributed by atoms with Gasteiger partial charge in [-0.1, -0.05) is 6.07 Å². The monoisotopic (exact) mass is 324 g/mol. The second kappa shape index (κ2) is 6.45. The third-order valence-corrected chi connectivity index (χ3v) is 3.44. The molecule has 0 spiro atoms. The van der Waals surface area contributed by atoms with Gasteiger partial charge in [0.15, 0.2) is 11.6 Å². The number of nitrogens with one attached hydrogen (secondary N) is 3. The second-order valence-corrected chi connectivity index (χ2v) is 5.35. The standard InChI is InChI=1S/C16H16N6O2/c1-9-7-13(22-21-9)19-14(23)8-11-10(2)18-15(20-16(11)24)12-5-3-4-6-17-12/h3-7H,8H2,1-2H3,(H,18,20,24)(H2,19,21,22,23). The van der Waals surface area contributed by atoms with Gasteiger partial charge in [0, 0.05) is 29.2 Å². The first kappa shape index (κ1) is 15.6. The van der Waals surface area contributed by atoms with Crippen molar-refractivity contribution in [1.29, 1.82) is 0 Å². The maximum atomic E-state index is 12.3. The normalized spacial score (nSPS) is 10.6. The van der Waals surface area contributed by atoms with Crippen molar-refractivity contribution >= 4 is 11.7 Å². The van der Waals surface area contributed by atoms with E-state index in [0.717, 1.165) is 5.69 Å². The van der Waals surface area contributed by atoms with Gasteiger partial charge >= 0.3 is 0 Å². The zero-order valence-corrected chi connectivity index (χ0v) is 13.3. The van der Waals surface area contributed by atoms with Crippen molar-refractivity contribution in [3.05, 3.63) is 57.8 Å². The molecule has 0 aromatic carbocycles. The number of aromatic amines is 2. The zero-order valence-electron chi connectivity index (χ0n) is 13.3. The van der Waals surface area contributed by atoms with Crippen LogP contribution in [0.2, 0.25) is 0 Å². The van der Waals surface area contributed by atoms with Crippen molar-refractivity contribution in [3.8, 4) is 11.5 Å². The number of aromatic nitrogens is 5. The highest BCUT2D eigenvalue weighted by atomic mass is 16.2. The van der Waals surface area contributed by atoms with Gasteiger partial charge < -0.3 is 10.3 Å². The van der Waals surface area contributed by atoms with E-state index in [-0.39, 0.29) is 17.9 Å². The smallest absolute Gasteiger partial charge is 0.255 e. The molecule has 0 unspecified atom stereocenters. The highest BCUT2D eigenvalue weighted by Crippen LogP contribution is 2.11. The third-order valence-electron chi connectivity index (χ3n) is 3.44. The van der Waals surface area contributed by atoms with E-state index in [0.29, 0.717) is 28.6 Å². The van der Waals surface area contributed by atoms with E-state index < -0.39 is 0 Å². The first-order valence-corrected chi connectivity index (χ1v) is 7.36. The van der Waals surface area contributed by atoms with Crippen LogP contribution in [0.3, 0.4) is 0 Å².